The quantitative estimate of drug-likeness (QED) is 0.0106. The number of unbranched alkanes of at least 4 members (excludes halogenated alkanes) is 2. The highest BCUT2D eigenvalue weighted by Crippen LogP contribution is 2.15. The number of ether oxygens (including phenoxy) is 2. The number of amides is 6. The molecule has 0 saturated heterocycles. The zero-order valence-electron chi connectivity index (χ0n) is 39.6. The van der Waals surface area contributed by atoms with Crippen molar-refractivity contribution in [3.05, 3.63) is 65.2 Å². The lowest BCUT2D eigenvalue weighted by atomic mass is 10.1. The second-order valence-electron chi connectivity index (χ2n) is 16.0. The van der Waals surface area contributed by atoms with Gasteiger partial charge in [-0.3, -0.25) is 38.7 Å². The first kappa shape index (κ1) is 54.0. The van der Waals surface area contributed by atoms with Crippen LogP contribution in [-0.4, -0.2) is 162 Å². The molecule has 0 unspecified atom stereocenters. The Morgan fingerprint density at radius 3 is 2.07 bits per heavy atom. The number of fused-ring (bicyclic) bond motifs is 2. The number of benzene rings is 1. The van der Waals surface area contributed by atoms with E-state index in [4.69, 9.17) is 32.4 Å². The first-order valence-corrected chi connectivity index (χ1v) is 22.7. The van der Waals surface area contributed by atoms with Gasteiger partial charge >= 0.3 is 12.1 Å². The number of nitrogen functional groups attached to an aromatic ring is 2. The Hall–Kier alpha value is -8.92. The highest BCUT2D eigenvalue weighted by atomic mass is 16.5. The molecule has 1 atom stereocenters. The standard InChI is InChI=1S/C43H59N19O10/c1-71-40(69)28(11-8-14-50-41(45)46)56-29(63)12-6-3-7-13-48-30(64)19-59(32(66)21-61-25-54-34-36(44)52-24-53-37(34)61)17-15-49-31(65)20-60(18-16-51-43(70)72-23-27-9-4-2-5-10-27)33(67)22-62-26-55-35-38(62)57-42(47)58-39(35)68/h2,4-5,9-10,24-26,28H,3,6-8,11-23H2,1H3,(H,48,64)(H,49,65)(H,51,70)(H,56,63)(H2,44,52,53)(H4,45,46,50)(H3,47,57,58,68)/t28-/m0/s1. The van der Waals surface area contributed by atoms with Crippen molar-refractivity contribution in [3.63, 3.8) is 0 Å². The number of H-pyrrole nitrogens is 1. The Bertz CT molecular complexity index is 2760. The highest BCUT2D eigenvalue weighted by Gasteiger charge is 2.24. The van der Waals surface area contributed by atoms with E-state index in [2.05, 4.69) is 56.2 Å². The SMILES string of the molecule is COC(=O)[C@H](CCCN=C(N)N)NC(=O)CCCCCNC(=O)CN(CCNC(=O)CN(CCNC(=O)OCc1ccccc1)C(=O)Cn1cnc2c(=O)[nH]c(N)nc21)C(=O)Cn1cnc2c(N)ncnc21. The maximum absolute atomic E-state index is 13.8. The third-order valence-corrected chi connectivity index (χ3v) is 10.6. The number of aliphatic imine (C=N–C) groups is 1. The summed E-state index contributed by atoms with van der Waals surface area (Å²) in [6.45, 7) is -1.71. The van der Waals surface area contributed by atoms with Gasteiger partial charge in [0.2, 0.25) is 35.5 Å². The van der Waals surface area contributed by atoms with Crippen molar-refractivity contribution in [2.24, 2.45) is 16.5 Å². The predicted octanol–water partition coefficient (Wildman–Crippen LogP) is -2.79. The molecule has 0 fully saturated rings. The number of imidazole rings is 2. The largest absolute Gasteiger partial charge is 0.467 e. The molecule has 13 N–H and O–H groups in total. The van der Waals surface area contributed by atoms with Crippen LogP contribution in [0.25, 0.3) is 22.3 Å². The lowest BCUT2D eigenvalue weighted by Crippen LogP contribution is -2.48. The van der Waals surface area contributed by atoms with E-state index in [1.807, 2.05) is 6.07 Å². The number of aromatic amines is 1. The number of nitrogens with one attached hydrogen (secondary N) is 5. The molecule has 4 aromatic heterocycles. The van der Waals surface area contributed by atoms with E-state index in [0.29, 0.717) is 25.7 Å². The van der Waals surface area contributed by atoms with Crippen molar-refractivity contribution < 1.29 is 43.0 Å². The van der Waals surface area contributed by atoms with Crippen molar-refractivity contribution in [1.29, 1.82) is 0 Å². The van der Waals surface area contributed by atoms with Gasteiger partial charge in [0.25, 0.3) is 5.56 Å². The Morgan fingerprint density at radius 2 is 1.40 bits per heavy atom. The van der Waals surface area contributed by atoms with Crippen LogP contribution < -0.4 is 49.8 Å². The second-order valence-corrected chi connectivity index (χ2v) is 16.0. The molecule has 0 bridgehead atoms. The van der Waals surface area contributed by atoms with Gasteiger partial charge in [-0.1, -0.05) is 36.8 Å². The molecule has 0 aliphatic rings. The molecule has 0 aliphatic carbocycles. The number of rotatable bonds is 28. The minimum atomic E-state index is -0.862. The van der Waals surface area contributed by atoms with Gasteiger partial charge in [0.15, 0.2) is 28.6 Å². The number of anilines is 2. The van der Waals surface area contributed by atoms with E-state index >= 15 is 0 Å². The van der Waals surface area contributed by atoms with Crippen LogP contribution in [-0.2, 0) is 57.9 Å². The van der Waals surface area contributed by atoms with E-state index in [0.717, 1.165) is 10.5 Å². The van der Waals surface area contributed by atoms with Crippen LogP contribution >= 0.6 is 0 Å². The summed E-state index contributed by atoms with van der Waals surface area (Å²) in [4.78, 5) is 133. The molecule has 0 spiro atoms. The third-order valence-electron chi connectivity index (χ3n) is 10.6. The fourth-order valence-corrected chi connectivity index (χ4v) is 7.01. The predicted molar refractivity (Wildman–Crippen MR) is 258 cm³/mol. The van der Waals surface area contributed by atoms with E-state index < -0.39 is 66.9 Å². The Labute approximate surface area is 410 Å². The van der Waals surface area contributed by atoms with Crippen molar-refractivity contribution >= 4 is 81.7 Å². The number of carbonyl (C=O) groups is 7. The van der Waals surface area contributed by atoms with Gasteiger partial charge in [-0.25, -0.2) is 29.5 Å². The Kier molecular flexibility index (Phi) is 20.5. The Morgan fingerprint density at radius 1 is 0.764 bits per heavy atom. The summed E-state index contributed by atoms with van der Waals surface area (Å²) in [5, 5.41) is 10.7. The monoisotopic (exact) mass is 1000 g/mol. The van der Waals surface area contributed by atoms with Gasteiger partial charge in [0.1, 0.15) is 37.6 Å². The van der Waals surface area contributed by atoms with Crippen LogP contribution in [0, 0.1) is 0 Å². The number of nitrogens with two attached hydrogens (primary N) is 4. The summed E-state index contributed by atoms with van der Waals surface area (Å²) >= 11 is 0. The average molecular weight is 1000 g/mol. The first-order valence-electron chi connectivity index (χ1n) is 22.7. The number of aromatic nitrogens is 8. The third kappa shape index (κ3) is 16.9. The summed E-state index contributed by atoms with van der Waals surface area (Å²) in [5.41, 5.74) is 23.0. The molecule has 72 heavy (non-hydrogen) atoms. The topological polar surface area (TPSA) is 416 Å². The molecule has 1 aromatic carbocycles. The minimum absolute atomic E-state index is 0.000526. The summed E-state index contributed by atoms with van der Waals surface area (Å²) in [6.07, 6.45) is 5.37. The Balaban J connectivity index is 1.16. The van der Waals surface area contributed by atoms with Crippen molar-refractivity contribution in [2.45, 2.75) is 64.3 Å². The lowest BCUT2D eigenvalue weighted by Gasteiger charge is -2.24. The van der Waals surface area contributed by atoms with Gasteiger partial charge in [-0.15, -0.1) is 0 Å². The van der Waals surface area contributed by atoms with E-state index in [-0.39, 0.29) is 111 Å². The highest BCUT2D eigenvalue weighted by molar-refractivity contribution is 5.88. The zero-order valence-corrected chi connectivity index (χ0v) is 39.6. The first-order chi connectivity index (χ1) is 34.6. The van der Waals surface area contributed by atoms with Crippen molar-refractivity contribution in [1.82, 2.24) is 70.1 Å². The number of guanidine groups is 1. The van der Waals surface area contributed by atoms with Crippen LogP contribution in [0.2, 0.25) is 0 Å². The molecule has 5 aromatic rings. The van der Waals surface area contributed by atoms with Crippen LogP contribution in [0.5, 0.6) is 0 Å². The minimum Gasteiger partial charge on any atom is -0.467 e. The number of hydrogen-bond donors (Lipinski definition) is 9. The summed E-state index contributed by atoms with van der Waals surface area (Å²) in [7, 11) is 1.22. The van der Waals surface area contributed by atoms with E-state index in [1.165, 1.54) is 40.1 Å². The maximum Gasteiger partial charge on any atom is 0.407 e. The molecule has 6 amide bonds. The zero-order chi connectivity index (χ0) is 52.0. The molecule has 29 heteroatoms. The van der Waals surface area contributed by atoms with Gasteiger partial charge < -0.3 is 72.6 Å². The number of carbonyl (C=O) groups excluding carboxylic acids is 7. The summed E-state index contributed by atoms with van der Waals surface area (Å²) in [5.74, 6) is -3.42. The van der Waals surface area contributed by atoms with Crippen LogP contribution in [0.3, 0.4) is 0 Å². The lowest BCUT2D eigenvalue weighted by molar-refractivity contribution is -0.145. The number of nitrogens with zero attached hydrogens (tertiary/aromatic N) is 10. The fourth-order valence-electron chi connectivity index (χ4n) is 7.01. The van der Waals surface area contributed by atoms with Crippen LogP contribution in [0.1, 0.15) is 44.1 Å². The molecule has 0 radical (unpaired) electrons. The van der Waals surface area contributed by atoms with Crippen molar-refractivity contribution in [2.75, 3.05) is 70.9 Å². The molecule has 5 rings (SSSR count). The van der Waals surface area contributed by atoms with Gasteiger partial charge in [0.05, 0.1) is 32.9 Å². The molecular formula is C43H59N19O10. The number of hydrogen-bond acceptors (Lipinski definition) is 18. The van der Waals surface area contributed by atoms with Crippen LogP contribution in [0.15, 0.2) is 59.1 Å². The van der Waals surface area contributed by atoms with E-state index in [1.54, 1.807) is 24.3 Å². The summed E-state index contributed by atoms with van der Waals surface area (Å²) < 4.78 is 12.8. The molecule has 0 saturated carbocycles. The maximum atomic E-state index is 13.8. The second kappa shape index (κ2) is 27.3. The number of esters is 1. The van der Waals surface area contributed by atoms with Gasteiger partial charge in [-0.05, 0) is 31.2 Å². The smallest absolute Gasteiger partial charge is 0.407 e. The van der Waals surface area contributed by atoms with Crippen LogP contribution in [0.4, 0.5) is 16.6 Å². The molecular weight excluding hydrogens is 943 g/mol. The van der Waals surface area contributed by atoms with Crippen molar-refractivity contribution in [3.8, 4) is 0 Å². The fraction of sp³-hybridized carbons (Fsp3) is 0.442. The average Bonchev–Trinajstić information content (AvgIpc) is 3.96. The molecule has 386 valence electrons. The normalized spacial score (nSPS) is 11.3. The number of methoxy groups -OCH3 is 1. The molecule has 0 aliphatic heterocycles. The molecule has 4 heterocycles. The molecule has 29 nitrogen and oxygen atoms in total. The van der Waals surface area contributed by atoms with Gasteiger partial charge in [0, 0.05) is 45.7 Å². The van der Waals surface area contributed by atoms with E-state index in [9.17, 15) is 38.4 Å². The van der Waals surface area contributed by atoms with Gasteiger partial charge in [-0.2, -0.15) is 4.98 Å². The number of alkyl carbamates (subject to hydrolysis) is 1. The summed E-state index contributed by atoms with van der Waals surface area (Å²) in [6, 6.07) is 8.12.